The number of aliphatic imine (C=N–C) groups is 1. The molecule has 1 amide bonds. The maximum atomic E-state index is 12.5. The van der Waals surface area contributed by atoms with Crippen LogP contribution in [0, 0.1) is 0 Å². The predicted octanol–water partition coefficient (Wildman–Crippen LogP) is 3.88. The molecule has 0 aliphatic carbocycles. The highest BCUT2D eigenvalue weighted by atomic mass is 35.5. The molecule has 22 heavy (non-hydrogen) atoms. The fourth-order valence-corrected chi connectivity index (χ4v) is 3.10. The van der Waals surface area contributed by atoms with Gasteiger partial charge in [0, 0.05) is 12.3 Å². The van der Waals surface area contributed by atoms with Crippen molar-refractivity contribution >= 4 is 40.1 Å². The van der Waals surface area contributed by atoms with Crippen molar-refractivity contribution in [2.75, 3.05) is 18.9 Å². The lowest BCUT2D eigenvalue weighted by atomic mass is 10.3. The van der Waals surface area contributed by atoms with Gasteiger partial charge in [-0.2, -0.15) is 0 Å². The van der Waals surface area contributed by atoms with Crippen LogP contribution in [0.2, 0.25) is 5.02 Å². The molecule has 118 valence electrons. The van der Waals surface area contributed by atoms with Gasteiger partial charge < -0.3 is 4.74 Å². The van der Waals surface area contributed by atoms with E-state index in [-0.39, 0.29) is 5.91 Å². The lowest BCUT2D eigenvalue weighted by Crippen LogP contribution is -2.39. The molecule has 0 spiro atoms. The molecule has 0 aromatic heterocycles. The molecule has 1 fully saturated rings. The zero-order valence-electron chi connectivity index (χ0n) is 12.5. The number of hydrogen-bond acceptors (Lipinski definition) is 4. The highest BCUT2D eigenvalue weighted by Gasteiger charge is 2.29. The third-order valence-corrected chi connectivity index (χ3v) is 4.43. The topological polar surface area (TPSA) is 41.9 Å². The molecule has 2 rings (SSSR count). The molecule has 0 bridgehead atoms. The molecule has 1 aliphatic heterocycles. The van der Waals surface area contributed by atoms with Crippen LogP contribution in [0.4, 0.5) is 5.69 Å². The summed E-state index contributed by atoms with van der Waals surface area (Å²) in [6.07, 6.45) is 2.01. The molecule has 1 atom stereocenters. The Bertz CT molecular complexity index is 577. The maximum Gasteiger partial charge on any atom is 0.257 e. The van der Waals surface area contributed by atoms with Crippen molar-refractivity contribution in [1.82, 2.24) is 4.90 Å². The van der Waals surface area contributed by atoms with Gasteiger partial charge in [0.25, 0.3) is 5.91 Å². The van der Waals surface area contributed by atoms with Gasteiger partial charge in [0.2, 0.25) is 0 Å². The predicted molar refractivity (Wildman–Crippen MR) is 92.9 cm³/mol. The summed E-state index contributed by atoms with van der Waals surface area (Å²) in [5, 5.41) is 1.25. The largest absolute Gasteiger partial charge is 0.368 e. The average molecular weight is 339 g/mol. The number of benzene rings is 1. The average Bonchev–Trinajstić information content (AvgIpc) is 2.97. The minimum atomic E-state index is -0.491. The van der Waals surface area contributed by atoms with Crippen LogP contribution in [-0.4, -0.2) is 41.0 Å². The molecular weight excluding hydrogens is 320 g/mol. The van der Waals surface area contributed by atoms with Gasteiger partial charge in [-0.15, -0.1) is 6.58 Å². The Kier molecular flexibility index (Phi) is 6.49. The molecule has 6 heteroatoms. The molecule has 0 N–H and O–H groups in total. The minimum absolute atomic E-state index is 0.0696. The summed E-state index contributed by atoms with van der Waals surface area (Å²) in [7, 11) is 0. The van der Waals surface area contributed by atoms with Crippen LogP contribution in [0.3, 0.4) is 0 Å². The zero-order valence-corrected chi connectivity index (χ0v) is 14.1. The first-order chi connectivity index (χ1) is 10.6. The van der Waals surface area contributed by atoms with Crippen molar-refractivity contribution in [3.63, 3.8) is 0 Å². The molecule has 1 saturated heterocycles. The molecule has 1 unspecified atom stereocenters. The molecule has 4 nitrogen and oxygen atoms in total. The highest BCUT2D eigenvalue weighted by molar-refractivity contribution is 8.14. The van der Waals surface area contributed by atoms with Crippen molar-refractivity contribution in [2.45, 2.75) is 19.4 Å². The van der Waals surface area contributed by atoms with Gasteiger partial charge in [0.05, 0.1) is 17.3 Å². The van der Waals surface area contributed by atoms with E-state index >= 15 is 0 Å². The van der Waals surface area contributed by atoms with E-state index < -0.39 is 6.10 Å². The second-order valence-corrected chi connectivity index (χ2v) is 6.24. The Hall–Kier alpha value is -1.30. The van der Waals surface area contributed by atoms with Crippen molar-refractivity contribution in [3.8, 4) is 0 Å². The van der Waals surface area contributed by atoms with E-state index in [4.69, 9.17) is 16.3 Å². The second-order valence-electron chi connectivity index (χ2n) is 4.77. The Morgan fingerprint density at radius 2 is 2.36 bits per heavy atom. The first-order valence-electron chi connectivity index (χ1n) is 7.13. The molecule has 0 radical (unpaired) electrons. The number of hydrogen-bond donors (Lipinski definition) is 0. The molecule has 1 aliphatic rings. The van der Waals surface area contributed by atoms with E-state index in [1.54, 1.807) is 35.7 Å². The van der Waals surface area contributed by atoms with Gasteiger partial charge in [-0.1, -0.05) is 41.6 Å². The summed E-state index contributed by atoms with van der Waals surface area (Å²) in [5.74, 6) is 0.758. The van der Waals surface area contributed by atoms with Crippen molar-refractivity contribution in [2.24, 2.45) is 4.99 Å². The molecule has 0 saturated carbocycles. The number of nitrogens with zero attached hydrogens (tertiary/aromatic N) is 2. The van der Waals surface area contributed by atoms with Gasteiger partial charge >= 0.3 is 0 Å². The van der Waals surface area contributed by atoms with E-state index in [1.807, 2.05) is 18.2 Å². The van der Waals surface area contributed by atoms with E-state index in [0.29, 0.717) is 29.0 Å². The van der Waals surface area contributed by atoms with Crippen LogP contribution in [0.5, 0.6) is 0 Å². The summed E-state index contributed by atoms with van der Waals surface area (Å²) in [4.78, 5) is 18.7. The lowest BCUT2D eigenvalue weighted by Gasteiger charge is -2.20. The monoisotopic (exact) mass is 338 g/mol. The summed E-state index contributed by atoms with van der Waals surface area (Å²) >= 11 is 7.68. The maximum absolute atomic E-state index is 12.5. The van der Waals surface area contributed by atoms with Crippen molar-refractivity contribution in [3.05, 3.63) is 41.9 Å². The standard InChI is InChI=1S/C16H19ClN2O2S/c1-3-4-10-21-12(2)15(20)19-9-11-22-16(19)18-14-8-6-5-7-13(14)17/h3,5-8,12H,1,4,9-11H2,2H3. The third-order valence-electron chi connectivity index (χ3n) is 3.15. The number of carbonyl (C=O) groups excluding carboxylic acids is 1. The lowest BCUT2D eigenvalue weighted by molar-refractivity contribution is -0.138. The van der Waals surface area contributed by atoms with Gasteiger partial charge in [0.1, 0.15) is 6.10 Å². The van der Waals surface area contributed by atoms with Gasteiger partial charge in [0.15, 0.2) is 5.17 Å². The van der Waals surface area contributed by atoms with Gasteiger partial charge in [-0.25, -0.2) is 4.99 Å². The van der Waals surface area contributed by atoms with Crippen LogP contribution >= 0.6 is 23.4 Å². The van der Waals surface area contributed by atoms with Crippen LogP contribution < -0.4 is 0 Å². The number of thioether (sulfide) groups is 1. The molecule has 1 aromatic rings. The normalized spacial score (nSPS) is 17.7. The minimum Gasteiger partial charge on any atom is -0.368 e. The fourth-order valence-electron chi connectivity index (χ4n) is 1.96. The van der Waals surface area contributed by atoms with Crippen LogP contribution in [0.25, 0.3) is 0 Å². The molecular formula is C16H19ClN2O2S. The van der Waals surface area contributed by atoms with Gasteiger partial charge in [-0.05, 0) is 25.5 Å². The van der Waals surface area contributed by atoms with E-state index in [0.717, 1.165) is 12.2 Å². The van der Waals surface area contributed by atoms with E-state index in [1.165, 1.54) is 0 Å². The first kappa shape index (κ1) is 17.1. The Morgan fingerprint density at radius 3 is 3.09 bits per heavy atom. The number of amides is 1. The quantitative estimate of drug-likeness (QED) is 0.584. The Labute approximate surface area is 140 Å². The number of rotatable bonds is 6. The van der Waals surface area contributed by atoms with E-state index in [2.05, 4.69) is 11.6 Å². The first-order valence-corrected chi connectivity index (χ1v) is 8.49. The summed E-state index contributed by atoms with van der Waals surface area (Å²) < 4.78 is 5.53. The zero-order chi connectivity index (χ0) is 15.9. The second kappa shape index (κ2) is 8.36. The fraction of sp³-hybridized carbons (Fsp3) is 0.375. The van der Waals surface area contributed by atoms with Crippen LogP contribution in [-0.2, 0) is 9.53 Å². The molecule has 1 aromatic carbocycles. The third kappa shape index (κ3) is 4.35. The number of amidine groups is 1. The summed E-state index contributed by atoms with van der Waals surface area (Å²) in [6.45, 7) is 6.54. The van der Waals surface area contributed by atoms with Crippen molar-refractivity contribution in [1.29, 1.82) is 0 Å². The summed E-state index contributed by atoms with van der Waals surface area (Å²) in [5.41, 5.74) is 0.673. The smallest absolute Gasteiger partial charge is 0.257 e. The highest BCUT2D eigenvalue weighted by Crippen LogP contribution is 2.28. The van der Waals surface area contributed by atoms with E-state index in [9.17, 15) is 4.79 Å². The van der Waals surface area contributed by atoms with Crippen LogP contribution in [0.1, 0.15) is 13.3 Å². The number of para-hydroxylation sites is 1. The summed E-state index contributed by atoms with van der Waals surface area (Å²) in [6, 6.07) is 7.35. The molecule has 1 heterocycles. The number of carbonyl (C=O) groups is 1. The SMILES string of the molecule is C=CCCOC(C)C(=O)N1CCSC1=Nc1ccccc1Cl. The Balaban J connectivity index is 2.08. The Morgan fingerprint density at radius 1 is 1.59 bits per heavy atom. The van der Waals surface area contributed by atoms with Crippen LogP contribution in [0.15, 0.2) is 41.9 Å². The van der Waals surface area contributed by atoms with Crippen molar-refractivity contribution < 1.29 is 9.53 Å². The number of ether oxygens (including phenoxy) is 1. The van der Waals surface area contributed by atoms with Gasteiger partial charge in [-0.3, -0.25) is 9.69 Å². The number of halogens is 1.